The summed E-state index contributed by atoms with van der Waals surface area (Å²) in [6, 6.07) is 11.0. The van der Waals surface area contributed by atoms with E-state index >= 15 is 0 Å². The lowest BCUT2D eigenvalue weighted by Gasteiger charge is -2.46. The number of hydrogen-bond acceptors (Lipinski definition) is 5. The van der Waals surface area contributed by atoms with Crippen molar-refractivity contribution in [3.8, 4) is 0 Å². The summed E-state index contributed by atoms with van der Waals surface area (Å²) in [6.07, 6.45) is 3.52. The molecule has 28 heavy (non-hydrogen) atoms. The summed E-state index contributed by atoms with van der Waals surface area (Å²) in [5.41, 5.74) is -0.258. The number of amides is 1. The van der Waals surface area contributed by atoms with Gasteiger partial charge in [0.05, 0.1) is 0 Å². The molecule has 1 aliphatic heterocycles. The molecule has 0 atom stereocenters. The van der Waals surface area contributed by atoms with Gasteiger partial charge < -0.3 is 15.0 Å². The second kappa shape index (κ2) is 7.59. The van der Waals surface area contributed by atoms with Gasteiger partial charge in [-0.3, -0.25) is 4.90 Å². The van der Waals surface area contributed by atoms with Crippen molar-refractivity contribution in [3.05, 3.63) is 36.5 Å². The van der Waals surface area contributed by atoms with Crippen molar-refractivity contribution >= 4 is 22.7 Å². The van der Waals surface area contributed by atoms with E-state index in [1.54, 1.807) is 0 Å². The zero-order valence-electron chi connectivity index (χ0n) is 17.0. The lowest BCUT2D eigenvalue weighted by molar-refractivity contribution is -0.0154. The molecule has 6 heteroatoms. The molecule has 1 aliphatic carbocycles. The number of nitrogens with one attached hydrogen (secondary N) is 1. The number of nitrogens with zero attached hydrogens (tertiary/aromatic N) is 3. The summed E-state index contributed by atoms with van der Waals surface area (Å²) in [5.74, 6) is 1.09. The van der Waals surface area contributed by atoms with Crippen LogP contribution in [0.1, 0.15) is 33.6 Å². The number of fused-ring (bicyclic) bond motifs is 1. The Balaban J connectivity index is 1.27. The Morgan fingerprint density at radius 1 is 1.11 bits per heavy atom. The minimum Gasteiger partial charge on any atom is -0.446 e. The van der Waals surface area contributed by atoms with Crippen LogP contribution in [-0.2, 0) is 4.74 Å². The zero-order valence-corrected chi connectivity index (χ0v) is 17.0. The molecule has 4 rings (SSSR count). The van der Waals surface area contributed by atoms with Crippen LogP contribution >= 0.6 is 0 Å². The summed E-state index contributed by atoms with van der Waals surface area (Å²) in [5, 5.41) is 5.32. The number of carbonyl (C=O) groups excluding carboxylic acids is 1. The van der Waals surface area contributed by atoms with Crippen molar-refractivity contribution in [3.63, 3.8) is 0 Å². The van der Waals surface area contributed by atoms with E-state index in [2.05, 4.69) is 50.4 Å². The van der Waals surface area contributed by atoms with Gasteiger partial charge in [0.2, 0.25) is 0 Å². The van der Waals surface area contributed by atoms with E-state index in [0.29, 0.717) is 6.04 Å². The van der Waals surface area contributed by atoms with Gasteiger partial charge in [0.25, 0.3) is 0 Å². The highest BCUT2D eigenvalue weighted by Gasteiger charge is 2.37. The van der Waals surface area contributed by atoms with Crippen LogP contribution in [0.2, 0.25) is 0 Å². The number of piperazine rings is 1. The number of pyridine rings is 1. The van der Waals surface area contributed by atoms with Crippen LogP contribution in [0.3, 0.4) is 0 Å². The molecule has 6 nitrogen and oxygen atoms in total. The van der Waals surface area contributed by atoms with Crippen LogP contribution < -0.4 is 10.2 Å². The molecule has 150 valence electrons. The summed E-state index contributed by atoms with van der Waals surface area (Å²) < 4.78 is 5.52. The molecule has 0 bridgehead atoms. The van der Waals surface area contributed by atoms with Gasteiger partial charge in [0.1, 0.15) is 11.9 Å². The second-order valence-corrected chi connectivity index (χ2v) is 8.91. The van der Waals surface area contributed by atoms with Crippen LogP contribution in [0.25, 0.3) is 10.8 Å². The largest absolute Gasteiger partial charge is 0.446 e. The lowest BCUT2D eigenvalue weighted by Crippen LogP contribution is -2.56. The van der Waals surface area contributed by atoms with Gasteiger partial charge in [-0.1, -0.05) is 24.3 Å². The van der Waals surface area contributed by atoms with E-state index in [1.807, 2.05) is 27.0 Å². The monoisotopic (exact) mass is 382 g/mol. The highest BCUT2D eigenvalue weighted by molar-refractivity contribution is 5.92. The molecule has 0 unspecified atom stereocenters. The predicted molar refractivity (Wildman–Crippen MR) is 112 cm³/mol. The van der Waals surface area contributed by atoms with Crippen LogP contribution in [-0.4, -0.2) is 59.8 Å². The maximum atomic E-state index is 11.9. The van der Waals surface area contributed by atoms with Gasteiger partial charge in [0, 0.05) is 62.2 Å². The SMILES string of the molecule is CC(C)(C)NC(=O)OC1CC(N2CCN(c3nccc4ccccc34)CC2)C1. The standard InChI is InChI=1S/C22H30N4O2/c1-22(2,3)24-21(27)28-18-14-17(15-18)25-10-12-26(13-11-25)20-19-7-5-4-6-16(19)8-9-23-20/h4-9,17-18H,10-15H2,1-3H3,(H,24,27). The third kappa shape index (κ3) is 4.22. The first-order valence-corrected chi connectivity index (χ1v) is 10.2. The van der Waals surface area contributed by atoms with E-state index in [0.717, 1.165) is 44.8 Å². The molecule has 2 fully saturated rings. The van der Waals surface area contributed by atoms with Crippen molar-refractivity contribution in [2.75, 3.05) is 31.1 Å². The number of rotatable bonds is 3. The molecule has 1 N–H and O–H groups in total. The summed E-state index contributed by atoms with van der Waals surface area (Å²) in [7, 11) is 0. The number of aromatic nitrogens is 1. The highest BCUT2D eigenvalue weighted by Crippen LogP contribution is 2.31. The van der Waals surface area contributed by atoms with E-state index in [9.17, 15) is 4.79 Å². The molecular formula is C22H30N4O2. The molecule has 1 amide bonds. The first-order chi connectivity index (χ1) is 13.4. The Labute approximate surface area is 166 Å². The van der Waals surface area contributed by atoms with Crippen molar-refractivity contribution in [2.45, 2.75) is 51.3 Å². The number of benzene rings is 1. The van der Waals surface area contributed by atoms with Gasteiger partial charge in [-0.25, -0.2) is 9.78 Å². The Hall–Kier alpha value is -2.34. The topological polar surface area (TPSA) is 57.7 Å². The van der Waals surface area contributed by atoms with Gasteiger partial charge in [-0.2, -0.15) is 0 Å². The highest BCUT2D eigenvalue weighted by atomic mass is 16.6. The van der Waals surface area contributed by atoms with Crippen molar-refractivity contribution in [1.29, 1.82) is 0 Å². The number of carbonyl (C=O) groups is 1. The summed E-state index contributed by atoms with van der Waals surface area (Å²) in [6.45, 7) is 9.89. The Morgan fingerprint density at radius 3 is 2.54 bits per heavy atom. The van der Waals surface area contributed by atoms with E-state index < -0.39 is 0 Å². The molecule has 1 aromatic heterocycles. The Bertz CT molecular complexity index is 829. The van der Waals surface area contributed by atoms with Crippen LogP contribution in [0.5, 0.6) is 0 Å². The van der Waals surface area contributed by atoms with E-state index in [4.69, 9.17) is 4.74 Å². The van der Waals surface area contributed by atoms with Crippen molar-refractivity contribution < 1.29 is 9.53 Å². The molecule has 2 heterocycles. The first-order valence-electron chi connectivity index (χ1n) is 10.2. The third-order valence-corrected chi connectivity index (χ3v) is 5.60. The maximum Gasteiger partial charge on any atom is 0.407 e. The maximum absolute atomic E-state index is 11.9. The molecule has 2 aromatic rings. The van der Waals surface area contributed by atoms with Gasteiger partial charge in [0.15, 0.2) is 0 Å². The Kier molecular flexibility index (Phi) is 5.15. The molecule has 0 spiro atoms. The molecular weight excluding hydrogens is 352 g/mol. The number of alkyl carbamates (subject to hydrolysis) is 1. The fourth-order valence-corrected chi connectivity index (χ4v) is 4.07. The minimum absolute atomic E-state index is 0.0464. The van der Waals surface area contributed by atoms with Crippen molar-refractivity contribution in [1.82, 2.24) is 15.2 Å². The molecule has 2 aliphatic rings. The quantitative estimate of drug-likeness (QED) is 0.882. The molecule has 0 radical (unpaired) electrons. The third-order valence-electron chi connectivity index (χ3n) is 5.60. The normalized spacial score (nSPS) is 23.3. The van der Waals surface area contributed by atoms with Crippen molar-refractivity contribution in [2.24, 2.45) is 0 Å². The number of ether oxygens (including phenoxy) is 1. The van der Waals surface area contributed by atoms with Crippen LogP contribution in [0.15, 0.2) is 36.5 Å². The van der Waals surface area contributed by atoms with Gasteiger partial charge in [-0.05, 0) is 32.2 Å². The minimum atomic E-state index is -0.303. The average molecular weight is 383 g/mol. The first kappa shape index (κ1) is 19.0. The predicted octanol–water partition coefficient (Wildman–Crippen LogP) is 3.41. The van der Waals surface area contributed by atoms with E-state index in [1.165, 1.54) is 10.8 Å². The van der Waals surface area contributed by atoms with Crippen LogP contribution in [0, 0.1) is 0 Å². The van der Waals surface area contributed by atoms with Crippen LogP contribution in [0.4, 0.5) is 10.6 Å². The van der Waals surface area contributed by atoms with Gasteiger partial charge in [-0.15, -0.1) is 0 Å². The lowest BCUT2D eigenvalue weighted by atomic mass is 9.87. The second-order valence-electron chi connectivity index (χ2n) is 8.91. The molecule has 1 saturated carbocycles. The Morgan fingerprint density at radius 2 is 1.82 bits per heavy atom. The summed E-state index contributed by atoms with van der Waals surface area (Å²) >= 11 is 0. The fourth-order valence-electron chi connectivity index (χ4n) is 4.07. The summed E-state index contributed by atoms with van der Waals surface area (Å²) in [4.78, 5) is 21.5. The average Bonchev–Trinajstić information content (AvgIpc) is 2.63. The number of anilines is 1. The fraction of sp³-hybridized carbons (Fsp3) is 0.545. The zero-order chi connectivity index (χ0) is 19.7. The van der Waals surface area contributed by atoms with E-state index in [-0.39, 0.29) is 17.7 Å². The van der Waals surface area contributed by atoms with Gasteiger partial charge >= 0.3 is 6.09 Å². The molecule has 1 aromatic carbocycles. The smallest absolute Gasteiger partial charge is 0.407 e. The number of hydrogen-bond donors (Lipinski definition) is 1. The molecule has 1 saturated heterocycles.